The zero-order valence-electron chi connectivity index (χ0n) is 7.63. The van der Waals surface area contributed by atoms with Crippen LogP contribution in [0.25, 0.3) is 0 Å². The number of nitrogen functional groups attached to an aromatic ring is 1. The van der Waals surface area contributed by atoms with Gasteiger partial charge in [-0.1, -0.05) is 0 Å². The predicted molar refractivity (Wildman–Crippen MR) is 48.0 cm³/mol. The van der Waals surface area contributed by atoms with Gasteiger partial charge in [-0.2, -0.15) is 0 Å². The van der Waals surface area contributed by atoms with Crippen LogP contribution in [0.5, 0.6) is 5.75 Å². The average molecular weight is 203 g/mol. The van der Waals surface area contributed by atoms with Crippen molar-refractivity contribution in [3.05, 3.63) is 17.3 Å². The van der Waals surface area contributed by atoms with E-state index in [-0.39, 0.29) is 29.4 Å². The van der Waals surface area contributed by atoms with Crippen LogP contribution < -0.4 is 16.2 Å². The van der Waals surface area contributed by atoms with Crippen LogP contribution in [-0.2, 0) is 6.54 Å². The third-order valence-corrected chi connectivity index (χ3v) is 1.77. The summed E-state index contributed by atoms with van der Waals surface area (Å²) in [5, 5.41) is 0. The summed E-state index contributed by atoms with van der Waals surface area (Å²) in [7, 11) is 1.38. The number of halogens is 2. The van der Waals surface area contributed by atoms with Crippen LogP contribution >= 0.6 is 0 Å². The molecule has 0 radical (unpaired) electrons. The lowest BCUT2D eigenvalue weighted by Crippen LogP contribution is -2.08. The van der Waals surface area contributed by atoms with Crippen molar-refractivity contribution in [3.8, 4) is 5.75 Å². The summed E-state index contributed by atoms with van der Waals surface area (Å²) in [5.74, 6) is 0.204. The Morgan fingerprint density at radius 1 is 1.57 bits per heavy atom. The monoisotopic (exact) mass is 203 g/mol. The Morgan fingerprint density at radius 2 is 2.21 bits per heavy atom. The number of nitrogens with two attached hydrogens (primary N) is 2. The lowest BCUT2D eigenvalue weighted by molar-refractivity contribution is 0.145. The second-order valence-electron chi connectivity index (χ2n) is 2.63. The Hall–Kier alpha value is -1.43. The Kier molecular flexibility index (Phi) is 3.19. The molecule has 0 unspecified atom stereocenters. The molecule has 0 fully saturated rings. The van der Waals surface area contributed by atoms with E-state index in [0.29, 0.717) is 0 Å². The van der Waals surface area contributed by atoms with Crippen molar-refractivity contribution < 1.29 is 13.5 Å². The van der Waals surface area contributed by atoms with Crippen LogP contribution in [0.3, 0.4) is 0 Å². The molecule has 0 saturated carbocycles. The largest absolute Gasteiger partial charge is 0.493 e. The molecule has 0 aliphatic heterocycles. The molecule has 1 aromatic heterocycles. The molecule has 4 nitrogen and oxygen atoms in total. The summed E-state index contributed by atoms with van der Waals surface area (Å²) in [5.41, 5.74) is 10.5. The van der Waals surface area contributed by atoms with Gasteiger partial charge in [0.15, 0.2) is 11.6 Å². The summed E-state index contributed by atoms with van der Waals surface area (Å²) in [6.45, 7) is -0.0245. The van der Waals surface area contributed by atoms with Gasteiger partial charge in [-0.05, 0) is 11.6 Å². The number of methoxy groups -OCH3 is 1. The normalized spacial score (nSPS) is 10.6. The fourth-order valence-corrected chi connectivity index (χ4v) is 1.08. The van der Waals surface area contributed by atoms with E-state index in [9.17, 15) is 8.78 Å². The molecule has 1 rings (SSSR count). The average Bonchev–Trinajstić information content (AvgIpc) is 2.17. The number of hydrogen-bond donors (Lipinski definition) is 2. The number of ether oxygens (including phenoxy) is 1. The van der Waals surface area contributed by atoms with E-state index < -0.39 is 6.43 Å². The van der Waals surface area contributed by atoms with Crippen LogP contribution in [0.15, 0.2) is 6.07 Å². The summed E-state index contributed by atoms with van der Waals surface area (Å²) >= 11 is 0. The molecule has 0 saturated heterocycles. The fourth-order valence-electron chi connectivity index (χ4n) is 1.08. The van der Waals surface area contributed by atoms with Crippen molar-refractivity contribution in [2.45, 2.75) is 13.0 Å². The van der Waals surface area contributed by atoms with Crippen molar-refractivity contribution in [2.24, 2.45) is 5.73 Å². The van der Waals surface area contributed by atoms with Crippen molar-refractivity contribution in [1.82, 2.24) is 4.98 Å². The number of aromatic nitrogens is 1. The minimum Gasteiger partial charge on any atom is -0.493 e. The Bertz CT molecular complexity index is 331. The van der Waals surface area contributed by atoms with E-state index in [1.54, 1.807) is 0 Å². The molecule has 0 amide bonds. The van der Waals surface area contributed by atoms with Gasteiger partial charge in [0.25, 0.3) is 6.43 Å². The van der Waals surface area contributed by atoms with Gasteiger partial charge in [-0.3, -0.25) is 0 Å². The highest BCUT2D eigenvalue weighted by molar-refractivity contribution is 5.49. The molecule has 0 atom stereocenters. The smallest absolute Gasteiger partial charge is 0.280 e. The van der Waals surface area contributed by atoms with Crippen LogP contribution in [0.2, 0.25) is 0 Å². The highest BCUT2D eigenvalue weighted by atomic mass is 19.3. The number of hydrogen-bond acceptors (Lipinski definition) is 4. The van der Waals surface area contributed by atoms with Crippen molar-refractivity contribution in [2.75, 3.05) is 12.8 Å². The highest BCUT2D eigenvalue weighted by Gasteiger charge is 2.17. The summed E-state index contributed by atoms with van der Waals surface area (Å²) in [6, 6.07) is 1.38. The van der Waals surface area contributed by atoms with Crippen molar-refractivity contribution in [3.63, 3.8) is 0 Å². The van der Waals surface area contributed by atoms with Crippen LogP contribution in [0, 0.1) is 0 Å². The number of rotatable bonds is 3. The molecule has 0 spiro atoms. The van der Waals surface area contributed by atoms with Gasteiger partial charge in [-0.25, -0.2) is 13.8 Å². The third-order valence-electron chi connectivity index (χ3n) is 1.77. The van der Waals surface area contributed by atoms with Gasteiger partial charge in [0.2, 0.25) is 0 Å². The van der Waals surface area contributed by atoms with Gasteiger partial charge in [0, 0.05) is 6.54 Å². The van der Waals surface area contributed by atoms with Gasteiger partial charge >= 0.3 is 0 Å². The SMILES string of the molecule is COc1cc(CN)c(C(F)F)nc1N. The summed E-state index contributed by atoms with van der Waals surface area (Å²) in [6.07, 6.45) is -2.68. The number of anilines is 1. The lowest BCUT2D eigenvalue weighted by Gasteiger charge is -2.10. The van der Waals surface area contributed by atoms with E-state index in [0.717, 1.165) is 0 Å². The Balaban J connectivity index is 3.24. The topological polar surface area (TPSA) is 74.2 Å². The number of nitrogens with zero attached hydrogens (tertiary/aromatic N) is 1. The van der Waals surface area contributed by atoms with E-state index in [1.807, 2.05) is 0 Å². The van der Waals surface area contributed by atoms with E-state index >= 15 is 0 Å². The van der Waals surface area contributed by atoms with E-state index in [1.165, 1.54) is 13.2 Å². The van der Waals surface area contributed by atoms with Crippen LogP contribution in [0.1, 0.15) is 17.7 Å². The molecule has 4 N–H and O–H groups in total. The fraction of sp³-hybridized carbons (Fsp3) is 0.375. The maximum Gasteiger partial charge on any atom is 0.280 e. The number of pyridine rings is 1. The maximum atomic E-state index is 12.4. The van der Waals surface area contributed by atoms with Crippen LogP contribution in [0.4, 0.5) is 14.6 Å². The molecule has 1 heterocycles. The first-order valence-electron chi connectivity index (χ1n) is 3.91. The molecule has 14 heavy (non-hydrogen) atoms. The minimum absolute atomic E-state index is 0.0245. The van der Waals surface area contributed by atoms with E-state index in [4.69, 9.17) is 16.2 Å². The molecule has 0 aromatic carbocycles. The highest BCUT2D eigenvalue weighted by Crippen LogP contribution is 2.27. The number of alkyl halides is 2. The first-order valence-corrected chi connectivity index (χ1v) is 3.91. The molecule has 0 aliphatic rings. The minimum atomic E-state index is -2.68. The molecule has 78 valence electrons. The van der Waals surface area contributed by atoms with Crippen LogP contribution in [-0.4, -0.2) is 12.1 Å². The molecule has 0 bridgehead atoms. The predicted octanol–water partition coefficient (Wildman–Crippen LogP) is 1.07. The second-order valence-corrected chi connectivity index (χ2v) is 2.63. The van der Waals surface area contributed by atoms with Crippen molar-refractivity contribution in [1.29, 1.82) is 0 Å². The summed E-state index contributed by atoms with van der Waals surface area (Å²) in [4.78, 5) is 3.54. The molecule has 1 aromatic rings. The molecule has 0 aliphatic carbocycles. The quantitative estimate of drug-likeness (QED) is 0.770. The first kappa shape index (κ1) is 10.6. The van der Waals surface area contributed by atoms with Gasteiger partial charge < -0.3 is 16.2 Å². The van der Waals surface area contributed by atoms with E-state index in [2.05, 4.69) is 4.98 Å². The Morgan fingerprint density at radius 3 is 2.64 bits per heavy atom. The zero-order valence-corrected chi connectivity index (χ0v) is 7.63. The van der Waals surface area contributed by atoms with Crippen molar-refractivity contribution >= 4 is 5.82 Å². The molecular weight excluding hydrogens is 192 g/mol. The first-order chi connectivity index (χ1) is 6.60. The zero-order chi connectivity index (χ0) is 10.7. The second kappa shape index (κ2) is 4.19. The molecular formula is C8H11F2N3O. The summed E-state index contributed by atoms with van der Waals surface area (Å²) < 4.78 is 29.7. The standard InChI is InChI=1S/C8H11F2N3O/c1-14-5-2-4(3-11)6(7(9)10)13-8(5)12/h2,7H,3,11H2,1H3,(H2,12,13). The van der Waals surface area contributed by atoms with Gasteiger partial charge in [0.05, 0.1) is 7.11 Å². The molecule has 6 heteroatoms. The van der Waals surface area contributed by atoms with Gasteiger partial charge in [-0.15, -0.1) is 0 Å². The maximum absolute atomic E-state index is 12.4. The third kappa shape index (κ3) is 1.90. The lowest BCUT2D eigenvalue weighted by atomic mass is 10.2. The van der Waals surface area contributed by atoms with Gasteiger partial charge in [0.1, 0.15) is 5.69 Å². The Labute approximate surface area is 79.9 Å².